The lowest BCUT2D eigenvalue weighted by Gasteiger charge is -2.33. The van der Waals surface area contributed by atoms with Gasteiger partial charge in [0.1, 0.15) is 6.61 Å². The number of rotatable bonds is 2. The molecule has 0 radical (unpaired) electrons. The lowest BCUT2D eigenvalue weighted by molar-refractivity contribution is -0.138. The van der Waals surface area contributed by atoms with E-state index in [-0.39, 0.29) is 5.91 Å². The fourth-order valence-corrected chi connectivity index (χ4v) is 2.39. The standard InChI is InChI=1S/C12H17N3O2/c1-9-4-6-13-11(14-9)12(2)5-3-7-15(12)10(17)8-16/h4,6,16H,3,5,7-8H2,1-2H3. The van der Waals surface area contributed by atoms with Gasteiger partial charge >= 0.3 is 0 Å². The largest absolute Gasteiger partial charge is 0.387 e. The topological polar surface area (TPSA) is 66.3 Å². The lowest BCUT2D eigenvalue weighted by atomic mass is 9.97. The average Bonchev–Trinajstić information content (AvgIpc) is 2.72. The third-order valence-electron chi connectivity index (χ3n) is 3.35. The Labute approximate surface area is 100 Å². The first-order valence-corrected chi connectivity index (χ1v) is 5.79. The van der Waals surface area contributed by atoms with Crippen LogP contribution in [0.5, 0.6) is 0 Å². The maximum Gasteiger partial charge on any atom is 0.249 e. The van der Waals surface area contributed by atoms with Gasteiger partial charge in [0.15, 0.2) is 5.82 Å². The summed E-state index contributed by atoms with van der Waals surface area (Å²) in [4.78, 5) is 22.1. The van der Waals surface area contributed by atoms with E-state index in [1.165, 1.54) is 0 Å². The predicted molar refractivity (Wildman–Crippen MR) is 62.2 cm³/mol. The highest BCUT2D eigenvalue weighted by atomic mass is 16.3. The number of hydrogen-bond acceptors (Lipinski definition) is 4. The Bertz CT molecular complexity index is 436. The number of carbonyl (C=O) groups is 1. The van der Waals surface area contributed by atoms with Gasteiger partial charge in [-0.05, 0) is 32.8 Å². The van der Waals surface area contributed by atoms with E-state index >= 15 is 0 Å². The second kappa shape index (κ2) is 4.41. The van der Waals surface area contributed by atoms with Crippen LogP contribution >= 0.6 is 0 Å². The Balaban J connectivity index is 2.37. The quantitative estimate of drug-likeness (QED) is 0.815. The van der Waals surface area contributed by atoms with E-state index in [0.717, 1.165) is 18.5 Å². The van der Waals surface area contributed by atoms with Crippen LogP contribution in [0, 0.1) is 6.92 Å². The molecule has 1 fully saturated rings. The van der Waals surface area contributed by atoms with Gasteiger partial charge in [-0.25, -0.2) is 9.97 Å². The number of amides is 1. The summed E-state index contributed by atoms with van der Waals surface area (Å²) >= 11 is 0. The summed E-state index contributed by atoms with van der Waals surface area (Å²) in [6, 6.07) is 1.83. The molecule has 2 heterocycles. The first kappa shape index (κ1) is 12.0. The molecule has 0 spiro atoms. The van der Waals surface area contributed by atoms with Gasteiger partial charge in [0.2, 0.25) is 5.91 Å². The van der Waals surface area contributed by atoms with Crippen molar-refractivity contribution < 1.29 is 9.90 Å². The number of hydrogen-bond donors (Lipinski definition) is 1. The smallest absolute Gasteiger partial charge is 0.249 e. The number of aliphatic hydroxyl groups excluding tert-OH is 1. The van der Waals surface area contributed by atoms with Crippen LogP contribution in [0.15, 0.2) is 12.3 Å². The fourth-order valence-electron chi connectivity index (χ4n) is 2.39. The summed E-state index contributed by atoms with van der Waals surface area (Å²) in [6.07, 6.45) is 3.46. The van der Waals surface area contributed by atoms with Crippen LogP contribution in [0.3, 0.4) is 0 Å². The first-order valence-electron chi connectivity index (χ1n) is 5.79. The number of nitrogens with zero attached hydrogens (tertiary/aromatic N) is 3. The van der Waals surface area contributed by atoms with Gasteiger partial charge in [-0.2, -0.15) is 0 Å². The van der Waals surface area contributed by atoms with Crippen molar-refractivity contribution in [2.24, 2.45) is 0 Å². The Morgan fingerprint density at radius 1 is 1.65 bits per heavy atom. The first-order chi connectivity index (χ1) is 8.08. The van der Waals surface area contributed by atoms with E-state index in [1.807, 2.05) is 19.9 Å². The van der Waals surface area contributed by atoms with E-state index in [2.05, 4.69) is 9.97 Å². The highest BCUT2D eigenvalue weighted by molar-refractivity contribution is 5.78. The number of aryl methyl sites for hydroxylation is 1. The van der Waals surface area contributed by atoms with E-state index in [0.29, 0.717) is 12.4 Å². The SMILES string of the molecule is Cc1ccnc(C2(C)CCCN2C(=O)CO)n1. The van der Waals surface area contributed by atoms with Crippen LogP contribution in [0.2, 0.25) is 0 Å². The fraction of sp³-hybridized carbons (Fsp3) is 0.583. The van der Waals surface area contributed by atoms with Crippen molar-refractivity contribution >= 4 is 5.91 Å². The zero-order chi connectivity index (χ0) is 12.5. The van der Waals surface area contributed by atoms with Gasteiger partial charge in [0.05, 0.1) is 5.54 Å². The van der Waals surface area contributed by atoms with Crippen molar-refractivity contribution in [3.05, 3.63) is 23.8 Å². The third-order valence-corrected chi connectivity index (χ3v) is 3.35. The van der Waals surface area contributed by atoms with Crippen LogP contribution in [0.25, 0.3) is 0 Å². The molecule has 0 aliphatic carbocycles. The van der Waals surface area contributed by atoms with Crippen molar-refractivity contribution in [3.63, 3.8) is 0 Å². The van der Waals surface area contributed by atoms with Crippen molar-refractivity contribution in [3.8, 4) is 0 Å². The molecular formula is C12H17N3O2. The minimum Gasteiger partial charge on any atom is -0.387 e. The maximum absolute atomic E-state index is 11.7. The van der Waals surface area contributed by atoms with Gasteiger partial charge in [-0.3, -0.25) is 4.79 Å². The minimum absolute atomic E-state index is 0.255. The number of likely N-dealkylation sites (tertiary alicyclic amines) is 1. The summed E-state index contributed by atoms with van der Waals surface area (Å²) in [6.45, 7) is 4.07. The van der Waals surface area contributed by atoms with Crippen molar-refractivity contribution in [2.45, 2.75) is 32.2 Å². The Morgan fingerprint density at radius 3 is 3.06 bits per heavy atom. The molecule has 1 aliphatic rings. The van der Waals surface area contributed by atoms with Crippen LogP contribution in [0.1, 0.15) is 31.3 Å². The van der Waals surface area contributed by atoms with E-state index in [4.69, 9.17) is 5.11 Å². The molecule has 17 heavy (non-hydrogen) atoms. The Kier molecular flexibility index (Phi) is 3.11. The van der Waals surface area contributed by atoms with Gasteiger partial charge in [-0.1, -0.05) is 0 Å². The molecular weight excluding hydrogens is 218 g/mol. The van der Waals surface area contributed by atoms with Crippen molar-refractivity contribution in [2.75, 3.05) is 13.2 Å². The molecule has 5 nitrogen and oxygen atoms in total. The second-order valence-electron chi connectivity index (χ2n) is 4.60. The van der Waals surface area contributed by atoms with Crippen LogP contribution in [-0.2, 0) is 10.3 Å². The lowest BCUT2D eigenvalue weighted by Crippen LogP contribution is -2.45. The molecule has 0 saturated carbocycles. The van der Waals surface area contributed by atoms with E-state index in [9.17, 15) is 4.79 Å². The molecule has 0 aromatic carbocycles. The molecule has 1 saturated heterocycles. The zero-order valence-electron chi connectivity index (χ0n) is 10.2. The third kappa shape index (κ3) is 2.02. The highest BCUT2D eigenvalue weighted by Gasteiger charge is 2.42. The van der Waals surface area contributed by atoms with Gasteiger partial charge in [-0.15, -0.1) is 0 Å². The molecule has 1 atom stereocenters. The van der Waals surface area contributed by atoms with Crippen LogP contribution in [0.4, 0.5) is 0 Å². The zero-order valence-corrected chi connectivity index (χ0v) is 10.2. The molecule has 5 heteroatoms. The summed E-state index contributed by atoms with van der Waals surface area (Å²) in [5, 5.41) is 9.00. The Hall–Kier alpha value is -1.49. The number of aromatic nitrogens is 2. The summed E-state index contributed by atoms with van der Waals surface area (Å²) in [5.74, 6) is 0.409. The molecule has 92 valence electrons. The van der Waals surface area contributed by atoms with Gasteiger partial charge in [0, 0.05) is 18.4 Å². The minimum atomic E-state index is -0.480. The monoisotopic (exact) mass is 235 g/mol. The summed E-state index contributed by atoms with van der Waals surface area (Å²) in [7, 11) is 0. The molecule has 1 aromatic rings. The molecule has 1 aliphatic heterocycles. The second-order valence-corrected chi connectivity index (χ2v) is 4.60. The highest BCUT2D eigenvalue weighted by Crippen LogP contribution is 2.36. The predicted octanol–water partition coefficient (Wildman–Crippen LogP) is 0.615. The molecule has 1 amide bonds. The summed E-state index contributed by atoms with van der Waals surface area (Å²) < 4.78 is 0. The van der Waals surface area contributed by atoms with Crippen LogP contribution in [-0.4, -0.2) is 39.0 Å². The maximum atomic E-state index is 11.7. The van der Waals surface area contributed by atoms with Gasteiger partial charge in [0.25, 0.3) is 0 Å². The number of aliphatic hydroxyl groups is 1. The van der Waals surface area contributed by atoms with E-state index < -0.39 is 12.1 Å². The average molecular weight is 235 g/mol. The number of carbonyl (C=O) groups excluding carboxylic acids is 1. The molecule has 1 aromatic heterocycles. The molecule has 1 N–H and O–H groups in total. The molecule has 1 unspecified atom stereocenters. The summed E-state index contributed by atoms with van der Waals surface area (Å²) in [5.41, 5.74) is 0.408. The molecule has 2 rings (SSSR count). The van der Waals surface area contributed by atoms with E-state index in [1.54, 1.807) is 11.1 Å². The van der Waals surface area contributed by atoms with Crippen molar-refractivity contribution in [1.29, 1.82) is 0 Å². The van der Waals surface area contributed by atoms with Crippen molar-refractivity contribution in [1.82, 2.24) is 14.9 Å². The Morgan fingerprint density at radius 2 is 2.41 bits per heavy atom. The normalized spacial score (nSPS) is 24.1. The van der Waals surface area contributed by atoms with Crippen LogP contribution < -0.4 is 0 Å². The van der Waals surface area contributed by atoms with Gasteiger partial charge < -0.3 is 10.0 Å². The molecule has 0 bridgehead atoms.